The maximum absolute atomic E-state index is 5.09. The molecule has 1 aromatic carbocycles. The molecule has 0 radical (unpaired) electrons. The van der Waals surface area contributed by atoms with Gasteiger partial charge in [-0.25, -0.2) is 0 Å². The molecule has 0 heterocycles. The van der Waals surface area contributed by atoms with E-state index in [1.807, 2.05) is 37.3 Å². The van der Waals surface area contributed by atoms with E-state index < -0.39 is 0 Å². The molecule has 1 rings (SSSR count). The summed E-state index contributed by atoms with van der Waals surface area (Å²) in [6.07, 6.45) is 0. The Balaban J connectivity index is 0.000001000. The van der Waals surface area contributed by atoms with Gasteiger partial charge in [0.05, 0.1) is 0 Å². The first-order chi connectivity index (χ1) is 4.93. The molecule has 54 valence electrons. The van der Waals surface area contributed by atoms with Crippen molar-refractivity contribution in [1.82, 2.24) is 0 Å². The van der Waals surface area contributed by atoms with Gasteiger partial charge in [-0.3, -0.25) is 0 Å². The van der Waals surface area contributed by atoms with E-state index in [-0.39, 0.29) is 18.9 Å². The summed E-state index contributed by atoms with van der Waals surface area (Å²) in [5.41, 5.74) is 1.12. The van der Waals surface area contributed by atoms with Crippen LogP contribution in [-0.2, 0) is 4.74 Å². The summed E-state index contributed by atoms with van der Waals surface area (Å²) in [5, 5.41) is 0. The minimum atomic E-state index is 0. The van der Waals surface area contributed by atoms with Crippen LogP contribution in [0.25, 0.3) is 0 Å². The zero-order valence-electron chi connectivity index (χ0n) is 7.08. The van der Waals surface area contributed by atoms with Crippen molar-refractivity contribution in [3.05, 3.63) is 42.5 Å². The molecule has 0 fully saturated rings. The second kappa shape index (κ2) is 6.36. The van der Waals surface area contributed by atoms with Crippen molar-refractivity contribution in [3.8, 4) is 0 Å². The van der Waals surface area contributed by atoms with Crippen LogP contribution in [0, 0.1) is 6.61 Å². The molecule has 1 nitrogen and oxygen atoms in total. The molecule has 0 aromatic heterocycles. The fourth-order valence-corrected chi connectivity index (χ4v) is 0.711. The van der Waals surface area contributed by atoms with Gasteiger partial charge in [-0.2, -0.15) is 17.7 Å². The standard InChI is InChI=1S/C9H11O.Li/c1-2-10-8-9-6-4-3-5-7-9;/h3-8H,2H2,1H3;/q-1;+1. The maximum atomic E-state index is 5.09. The van der Waals surface area contributed by atoms with Gasteiger partial charge in [-0.05, 0) is 6.92 Å². The molecule has 0 aliphatic rings. The van der Waals surface area contributed by atoms with Gasteiger partial charge in [0.2, 0.25) is 0 Å². The molecule has 0 unspecified atom stereocenters. The maximum Gasteiger partial charge on any atom is 1.00 e. The number of hydrogen-bond acceptors (Lipinski definition) is 1. The third-order valence-corrected chi connectivity index (χ3v) is 1.19. The first-order valence-electron chi connectivity index (χ1n) is 3.43. The smallest absolute Gasteiger partial charge is 0.414 e. The predicted molar refractivity (Wildman–Crippen MR) is 41.5 cm³/mol. The van der Waals surface area contributed by atoms with E-state index in [0.717, 1.165) is 12.2 Å². The van der Waals surface area contributed by atoms with Crippen LogP contribution in [0.5, 0.6) is 0 Å². The molecule has 0 amide bonds. The molecule has 0 spiro atoms. The van der Waals surface area contributed by atoms with Gasteiger partial charge >= 0.3 is 18.9 Å². The summed E-state index contributed by atoms with van der Waals surface area (Å²) in [4.78, 5) is 0. The molecule has 0 atom stereocenters. The SMILES string of the molecule is CCO[CH-]c1ccccc1.[Li+]. The van der Waals surface area contributed by atoms with Crippen LogP contribution in [0.1, 0.15) is 12.5 Å². The monoisotopic (exact) mass is 142 g/mol. The number of benzene rings is 1. The molecule has 11 heavy (non-hydrogen) atoms. The van der Waals surface area contributed by atoms with Crippen molar-refractivity contribution < 1.29 is 23.6 Å². The number of hydrogen-bond donors (Lipinski definition) is 0. The summed E-state index contributed by atoms with van der Waals surface area (Å²) in [7, 11) is 0. The van der Waals surface area contributed by atoms with Gasteiger partial charge in [0.1, 0.15) is 0 Å². The van der Waals surface area contributed by atoms with Crippen molar-refractivity contribution in [2.45, 2.75) is 6.92 Å². The Morgan fingerprint density at radius 1 is 1.27 bits per heavy atom. The van der Waals surface area contributed by atoms with E-state index in [0.29, 0.717) is 0 Å². The van der Waals surface area contributed by atoms with E-state index in [1.54, 1.807) is 6.61 Å². The van der Waals surface area contributed by atoms with Crippen LogP contribution in [-0.4, -0.2) is 6.61 Å². The van der Waals surface area contributed by atoms with E-state index in [2.05, 4.69) is 0 Å². The summed E-state index contributed by atoms with van der Waals surface area (Å²) < 4.78 is 5.09. The molecule has 0 aliphatic heterocycles. The second-order valence-corrected chi connectivity index (χ2v) is 1.98. The zero-order chi connectivity index (χ0) is 7.23. The van der Waals surface area contributed by atoms with Gasteiger partial charge in [0.25, 0.3) is 0 Å². The first kappa shape index (κ1) is 10.6. The molecule has 2 heteroatoms. The molecule has 1 aromatic rings. The third-order valence-electron chi connectivity index (χ3n) is 1.19. The normalized spacial score (nSPS) is 8.45. The fourth-order valence-electron chi connectivity index (χ4n) is 0.711. The molecule has 0 N–H and O–H groups in total. The van der Waals surface area contributed by atoms with Crippen LogP contribution in [0.2, 0.25) is 0 Å². The van der Waals surface area contributed by atoms with Crippen LogP contribution < -0.4 is 18.9 Å². The van der Waals surface area contributed by atoms with E-state index >= 15 is 0 Å². The van der Waals surface area contributed by atoms with Crippen molar-refractivity contribution in [2.24, 2.45) is 0 Å². The first-order valence-corrected chi connectivity index (χ1v) is 3.43. The van der Waals surface area contributed by atoms with Crippen molar-refractivity contribution >= 4 is 0 Å². The molecule has 0 saturated heterocycles. The zero-order valence-corrected chi connectivity index (χ0v) is 7.08. The molecule has 0 aliphatic carbocycles. The third kappa shape index (κ3) is 4.16. The van der Waals surface area contributed by atoms with Crippen LogP contribution in [0.15, 0.2) is 30.3 Å². The van der Waals surface area contributed by atoms with Crippen LogP contribution in [0.3, 0.4) is 0 Å². The van der Waals surface area contributed by atoms with E-state index in [4.69, 9.17) is 4.74 Å². The molecular weight excluding hydrogens is 131 g/mol. The average Bonchev–Trinajstić information content (AvgIpc) is 2.03. The van der Waals surface area contributed by atoms with Crippen LogP contribution in [0.4, 0.5) is 0 Å². The number of rotatable bonds is 3. The fraction of sp³-hybridized carbons (Fsp3) is 0.222. The van der Waals surface area contributed by atoms with E-state index in [9.17, 15) is 0 Å². The van der Waals surface area contributed by atoms with Gasteiger partial charge in [-0.15, -0.1) is 12.1 Å². The number of ether oxygens (including phenoxy) is 1. The molecular formula is C9H11LiO. The Morgan fingerprint density at radius 2 is 1.91 bits per heavy atom. The average molecular weight is 142 g/mol. The molecule has 0 saturated carbocycles. The molecule has 0 bridgehead atoms. The summed E-state index contributed by atoms with van der Waals surface area (Å²) in [6.45, 7) is 4.47. The Bertz CT molecular complexity index is 174. The Kier molecular flexibility index (Phi) is 6.16. The Hall–Kier alpha value is -0.353. The van der Waals surface area contributed by atoms with Gasteiger partial charge in [0.15, 0.2) is 0 Å². The topological polar surface area (TPSA) is 9.23 Å². The summed E-state index contributed by atoms with van der Waals surface area (Å²) in [5.74, 6) is 0. The van der Waals surface area contributed by atoms with E-state index in [1.165, 1.54) is 0 Å². The van der Waals surface area contributed by atoms with Gasteiger partial charge in [0, 0.05) is 6.61 Å². The van der Waals surface area contributed by atoms with Gasteiger partial charge in [-0.1, -0.05) is 12.7 Å². The quantitative estimate of drug-likeness (QED) is 0.398. The predicted octanol–water partition coefficient (Wildman–Crippen LogP) is -0.763. The second-order valence-electron chi connectivity index (χ2n) is 1.98. The van der Waals surface area contributed by atoms with Gasteiger partial charge < -0.3 is 4.74 Å². The Morgan fingerprint density at radius 3 is 2.45 bits per heavy atom. The van der Waals surface area contributed by atoms with Crippen LogP contribution >= 0.6 is 0 Å². The Labute approximate surface area is 79.9 Å². The summed E-state index contributed by atoms with van der Waals surface area (Å²) >= 11 is 0. The minimum absolute atomic E-state index is 0. The van der Waals surface area contributed by atoms with Crippen molar-refractivity contribution in [2.75, 3.05) is 6.61 Å². The summed E-state index contributed by atoms with van der Waals surface area (Å²) in [6, 6.07) is 9.99. The minimum Gasteiger partial charge on any atom is -0.414 e. The van der Waals surface area contributed by atoms with Crippen molar-refractivity contribution in [1.29, 1.82) is 0 Å². The largest absolute Gasteiger partial charge is 1.00 e. The van der Waals surface area contributed by atoms with Crippen molar-refractivity contribution in [3.63, 3.8) is 0 Å².